The molecule has 2 aliphatic rings. The molecule has 29 heavy (non-hydrogen) atoms. The molecule has 2 amide bonds. The van der Waals surface area contributed by atoms with E-state index in [0.717, 1.165) is 51.0 Å². The topological polar surface area (TPSA) is 62.7 Å². The predicted molar refractivity (Wildman–Crippen MR) is 113 cm³/mol. The van der Waals surface area contributed by atoms with Gasteiger partial charge in [-0.25, -0.2) is 4.98 Å². The Morgan fingerprint density at radius 3 is 2.72 bits per heavy atom. The van der Waals surface area contributed by atoms with E-state index in [0.29, 0.717) is 37.2 Å². The minimum absolute atomic E-state index is 0.225. The molecule has 2 aliphatic heterocycles. The lowest BCUT2D eigenvalue weighted by atomic mass is 9.95. The van der Waals surface area contributed by atoms with Gasteiger partial charge in [-0.15, -0.1) is 0 Å². The number of likely N-dealkylation sites (tertiary alicyclic amines) is 2. The molecule has 3 heterocycles. The van der Waals surface area contributed by atoms with Crippen LogP contribution in [0.5, 0.6) is 5.88 Å². The standard InChI is InChI=1S/C23H35N3O3/c1-17(2)4-5-22(27)25-10-7-19(8-11-25)14-26-15-20(13-23(26)28)16-29-21-12-18(3)6-9-24-21/h6,9,12,17,19-20H,4-5,7-8,10-11,13-16H2,1-3H3. The number of amides is 2. The minimum Gasteiger partial charge on any atom is -0.477 e. The highest BCUT2D eigenvalue weighted by Crippen LogP contribution is 2.25. The fourth-order valence-corrected chi connectivity index (χ4v) is 4.18. The maximum atomic E-state index is 12.4. The zero-order valence-corrected chi connectivity index (χ0v) is 18.1. The molecule has 0 bridgehead atoms. The van der Waals surface area contributed by atoms with Gasteiger partial charge in [-0.1, -0.05) is 13.8 Å². The fraction of sp³-hybridized carbons (Fsp3) is 0.696. The Kier molecular flexibility index (Phi) is 7.51. The monoisotopic (exact) mass is 401 g/mol. The van der Waals surface area contributed by atoms with Gasteiger partial charge in [-0.3, -0.25) is 9.59 Å². The number of hydrogen-bond acceptors (Lipinski definition) is 4. The molecule has 6 heteroatoms. The first-order chi connectivity index (χ1) is 13.9. The molecule has 6 nitrogen and oxygen atoms in total. The number of pyridine rings is 1. The van der Waals surface area contributed by atoms with Crippen molar-refractivity contribution < 1.29 is 14.3 Å². The quantitative estimate of drug-likeness (QED) is 0.671. The van der Waals surface area contributed by atoms with Crippen LogP contribution in [0, 0.1) is 24.7 Å². The van der Waals surface area contributed by atoms with Crippen molar-refractivity contribution in [2.24, 2.45) is 17.8 Å². The van der Waals surface area contributed by atoms with Gasteiger partial charge in [0.25, 0.3) is 0 Å². The van der Waals surface area contributed by atoms with E-state index in [1.807, 2.05) is 28.9 Å². The summed E-state index contributed by atoms with van der Waals surface area (Å²) in [6, 6.07) is 3.86. The van der Waals surface area contributed by atoms with E-state index in [4.69, 9.17) is 4.74 Å². The molecule has 3 rings (SSSR count). The first kappa shape index (κ1) is 21.6. The highest BCUT2D eigenvalue weighted by Gasteiger charge is 2.33. The van der Waals surface area contributed by atoms with Crippen LogP contribution in [0.15, 0.2) is 18.3 Å². The molecule has 0 radical (unpaired) electrons. The Morgan fingerprint density at radius 2 is 2.03 bits per heavy atom. The number of ether oxygens (including phenoxy) is 1. The van der Waals surface area contributed by atoms with Gasteiger partial charge in [0, 0.05) is 57.2 Å². The Morgan fingerprint density at radius 1 is 1.28 bits per heavy atom. The van der Waals surface area contributed by atoms with Crippen LogP contribution in [-0.2, 0) is 9.59 Å². The summed E-state index contributed by atoms with van der Waals surface area (Å²) in [5.74, 6) is 2.43. The van der Waals surface area contributed by atoms with Crippen LogP contribution in [0.2, 0.25) is 0 Å². The zero-order chi connectivity index (χ0) is 20.8. The average molecular weight is 402 g/mol. The van der Waals surface area contributed by atoms with Crippen molar-refractivity contribution in [2.45, 2.75) is 52.9 Å². The van der Waals surface area contributed by atoms with E-state index in [1.165, 1.54) is 0 Å². The Labute approximate surface area is 174 Å². The van der Waals surface area contributed by atoms with Gasteiger partial charge >= 0.3 is 0 Å². The number of aromatic nitrogens is 1. The zero-order valence-electron chi connectivity index (χ0n) is 18.1. The molecule has 0 aliphatic carbocycles. The fourth-order valence-electron chi connectivity index (χ4n) is 4.18. The van der Waals surface area contributed by atoms with E-state index in [1.54, 1.807) is 6.20 Å². The van der Waals surface area contributed by atoms with Crippen molar-refractivity contribution in [3.05, 3.63) is 23.9 Å². The third kappa shape index (κ3) is 6.44. The van der Waals surface area contributed by atoms with E-state index < -0.39 is 0 Å². The summed E-state index contributed by atoms with van der Waals surface area (Å²) >= 11 is 0. The first-order valence-electron chi connectivity index (χ1n) is 11.0. The number of piperidine rings is 1. The van der Waals surface area contributed by atoms with Crippen LogP contribution in [0.3, 0.4) is 0 Å². The second kappa shape index (κ2) is 10.1. The summed E-state index contributed by atoms with van der Waals surface area (Å²) in [5.41, 5.74) is 1.12. The van der Waals surface area contributed by atoms with Gasteiger partial charge < -0.3 is 14.5 Å². The van der Waals surface area contributed by atoms with Gasteiger partial charge in [0.2, 0.25) is 17.7 Å². The van der Waals surface area contributed by atoms with Gasteiger partial charge in [-0.05, 0) is 49.7 Å². The summed E-state index contributed by atoms with van der Waals surface area (Å²) in [6.07, 6.45) is 5.90. The molecule has 0 saturated carbocycles. The van der Waals surface area contributed by atoms with Crippen molar-refractivity contribution in [2.75, 3.05) is 32.8 Å². The molecule has 1 unspecified atom stereocenters. The van der Waals surface area contributed by atoms with Gasteiger partial charge in [-0.2, -0.15) is 0 Å². The highest BCUT2D eigenvalue weighted by atomic mass is 16.5. The Bertz CT molecular complexity index is 698. The number of carbonyl (C=O) groups excluding carboxylic acids is 2. The molecule has 1 atom stereocenters. The van der Waals surface area contributed by atoms with Crippen LogP contribution in [0.1, 0.15) is 51.5 Å². The molecule has 0 N–H and O–H groups in total. The summed E-state index contributed by atoms with van der Waals surface area (Å²) in [4.78, 5) is 33.0. The average Bonchev–Trinajstić information content (AvgIpc) is 3.04. The van der Waals surface area contributed by atoms with Crippen molar-refractivity contribution >= 4 is 11.8 Å². The van der Waals surface area contributed by atoms with E-state index >= 15 is 0 Å². The summed E-state index contributed by atoms with van der Waals surface area (Å²) in [5, 5.41) is 0. The van der Waals surface area contributed by atoms with Gasteiger partial charge in [0.05, 0.1) is 6.61 Å². The highest BCUT2D eigenvalue weighted by molar-refractivity contribution is 5.78. The van der Waals surface area contributed by atoms with E-state index in [2.05, 4.69) is 18.8 Å². The number of hydrogen-bond donors (Lipinski definition) is 0. The second-order valence-electron chi connectivity index (χ2n) is 9.11. The third-order valence-corrected chi connectivity index (χ3v) is 6.03. The van der Waals surface area contributed by atoms with Crippen LogP contribution < -0.4 is 4.74 Å². The largest absolute Gasteiger partial charge is 0.477 e. The Hall–Kier alpha value is -2.11. The molecule has 0 aromatic carbocycles. The number of aryl methyl sites for hydroxylation is 1. The van der Waals surface area contributed by atoms with Crippen LogP contribution in [0.4, 0.5) is 0 Å². The summed E-state index contributed by atoms with van der Waals surface area (Å²) in [6.45, 7) is 10.1. The summed E-state index contributed by atoms with van der Waals surface area (Å²) in [7, 11) is 0. The molecule has 160 valence electrons. The second-order valence-corrected chi connectivity index (χ2v) is 9.11. The van der Waals surface area contributed by atoms with Crippen molar-refractivity contribution in [3.8, 4) is 5.88 Å². The van der Waals surface area contributed by atoms with Crippen LogP contribution >= 0.6 is 0 Å². The van der Waals surface area contributed by atoms with E-state index in [9.17, 15) is 9.59 Å². The normalized spacial score (nSPS) is 20.6. The maximum Gasteiger partial charge on any atom is 0.223 e. The molecule has 1 aromatic rings. The van der Waals surface area contributed by atoms with Gasteiger partial charge in [0.15, 0.2) is 0 Å². The predicted octanol–water partition coefficient (Wildman–Crippen LogP) is 3.29. The van der Waals surface area contributed by atoms with Crippen LogP contribution in [-0.4, -0.2) is 59.4 Å². The van der Waals surface area contributed by atoms with Crippen molar-refractivity contribution in [3.63, 3.8) is 0 Å². The molecule has 2 saturated heterocycles. The maximum absolute atomic E-state index is 12.4. The lowest BCUT2D eigenvalue weighted by Gasteiger charge is -2.34. The summed E-state index contributed by atoms with van der Waals surface area (Å²) < 4.78 is 5.80. The lowest BCUT2D eigenvalue weighted by molar-refractivity contribution is -0.134. The molecular formula is C23H35N3O3. The van der Waals surface area contributed by atoms with Gasteiger partial charge in [0.1, 0.15) is 0 Å². The molecule has 1 aromatic heterocycles. The lowest BCUT2D eigenvalue weighted by Crippen LogP contribution is -2.42. The minimum atomic E-state index is 0.225. The van der Waals surface area contributed by atoms with Crippen LogP contribution in [0.25, 0.3) is 0 Å². The third-order valence-electron chi connectivity index (χ3n) is 6.03. The molecule has 0 spiro atoms. The molecular weight excluding hydrogens is 366 g/mol. The Balaban J connectivity index is 1.39. The number of nitrogens with zero attached hydrogens (tertiary/aromatic N) is 3. The molecule has 2 fully saturated rings. The van der Waals surface area contributed by atoms with Crippen molar-refractivity contribution in [1.29, 1.82) is 0 Å². The number of carbonyl (C=O) groups is 2. The SMILES string of the molecule is Cc1ccnc(OCC2CC(=O)N(CC3CCN(C(=O)CCC(C)C)CC3)C2)c1. The van der Waals surface area contributed by atoms with Crippen molar-refractivity contribution in [1.82, 2.24) is 14.8 Å². The number of rotatable bonds is 8. The van der Waals surface area contributed by atoms with E-state index in [-0.39, 0.29) is 17.7 Å². The first-order valence-corrected chi connectivity index (χ1v) is 11.0. The smallest absolute Gasteiger partial charge is 0.223 e.